The van der Waals surface area contributed by atoms with Crippen LogP contribution in [0.5, 0.6) is 17.2 Å². The fourth-order valence-corrected chi connectivity index (χ4v) is 11.1. The Bertz CT molecular complexity index is 2460. The van der Waals surface area contributed by atoms with Crippen molar-refractivity contribution in [1.29, 1.82) is 0 Å². The van der Waals surface area contributed by atoms with E-state index in [4.69, 9.17) is 18.9 Å². The fourth-order valence-electron chi connectivity index (χ4n) is 6.49. The number of carbonyl (C=O) groups is 1. The molecule has 1 aliphatic rings. The van der Waals surface area contributed by atoms with E-state index in [0.717, 1.165) is 5.56 Å². The first-order valence-electron chi connectivity index (χ1n) is 18.7. The number of aliphatic hydroxyl groups is 1. The third-order valence-electron chi connectivity index (χ3n) is 9.52. The lowest BCUT2D eigenvalue weighted by Gasteiger charge is -2.26. The standard InChI is InChI=1S/C41H47IN6O10S2/c1-41(2,3)58-40(50)46-25-35(36(49)26-46)45-59(51,52)37-20-19-33(42)38(34-21-43-48(44-34)24-29-11-17-32(57-6)18-12-29)39(37)60(53,54)47(22-27-7-13-30(55-4)14-8-27)23-28-9-15-31(56-5)16-10-28/h7-21,35-36,45,49H,22-26H2,1-6H3/t35-,36+/m1/s1. The summed E-state index contributed by atoms with van der Waals surface area (Å²) < 4.78 is 85.8. The number of β-amino-alcohol motifs (C(OH)–C–C–N with tert-alkyl or cyclic N) is 1. The van der Waals surface area contributed by atoms with Crippen molar-refractivity contribution in [2.75, 3.05) is 34.4 Å². The van der Waals surface area contributed by atoms with Crippen LogP contribution in [0.2, 0.25) is 0 Å². The molecule has 1 amide bonds. The maximum absolute atomic E-state index is 15.5. The molecular formula is C41H47IN6O10S2. The zero-order chi connectivity index (χ0) is 43.4. The SMILES string of the molecule is COc1ccc(CN(Cc2ccc(OC)cc2)S(=O)(=O)c2c(S(=O)(=O)N[C@@H]3CN(C(=O)OC(C)(C)C)C[C@@H]3O)ccc(I)c2-c2cnn(Cc3ccc(OC)cc3)n2)cc1. The molecule has 16 nitrogen and oxygen atoms in total. The number of hydrogen-bond donors (Lipinski definition) is 2. The van der Waals surface area contributed by atoms with Crippen LogP contribution in [0.3, 0.4) is 0 Å². The van der Waals surface area contributed by atoms with Crippen molar-refractivity contribution in [3.8, 4) is 28.5 Å². The minimum absolute atomic E-state index is 0.0104. The van der Waals surface area contributed by atoms with Crippen LogP contribution in [-0.4, -0.2) is 104 Å². The highest BCUT2D eigenvalue weighted by molar-refractivity contribution is 14.1. The average molecular weight is 975 g/mol. The van der Waals surface area contributed by atoms with Gasteiger partial charge in [0.2, 0.25) is 20.0 Å². The van der Waals surface area contributed by atoms with Gasteiger partial charge in [-0.2, -0.15) is 19.3 Å². The van der Waals surface area contributed by atoms with Crippen molar-refractivity contribution < 1.29 is 45.7 Å². The number of rotatable bonds is 15. The van der Waals surface area contributed by atoms with E-state index in [0.29, 0.717) is 31.9 Å². The number of halogens is 1. The lowest BCUT2D eigenvalue weighted by Crippen LogP contribution is -2.44. The van der Waals surface area contributed by atoms with Crippen LogP contribution in [0.25, 0.3) is 11.3 Å². The quantitative estimate of drug-likeness (QED) is 0.129. The largest absolute Gasteiger partial charge is 0.497 e. The predicted molar refractivity (Wildman–Crippen MR) is 231 cm³/mol. The van der Waals surface area contributed by atoms with E-state index in [2.05, 4.69) is 14.9 Å². The van der Waals surface area contributed by atoms with E-state index in [-0.39, 0.29) is 44.0 Å². The molecule has 2 N–H and O–H groups in total. The molecule has 0 bridgehead atoms. The number of methoxy groups -OCH3 is 3. The van der Waals surface area contributed by atoms with Crippen molar-refractivity contribution in [2.24, 2.45) is 0 Å². The number of nitrogens with zero attached hydrogens (tertiary/aromatic N) is 5. The molecule has 0 aliphatic carbocycles. The summed E-state index contributed by atoms with van der Waals surface area (Å²) in [5.41, 5.74) is 1.32. The van der Waals surface area contributed by atoms with Crippen LogP contribution in [0.15, 0.2) is 101 Å². The number of sulfonamides is 2. The van der Waals surface area contributed by atoms with E-state index >= 15 is 8.42 Å². The van der Waals surface area contributed by atoms with Crippen LogP contribution in [0, 0.1) is 3.57 Å². The van der Waals surface area contributed by atoms with Crippen molar-refractivity contribution in [1.82, 2.24) is 28.9 Å². The molecule has 6 rings (SSSR count). The Kier molecular flexibility index (Phi) is 13.8. The summed E-state index contributed by atoms with van der Waals surface area (Å²) >= 11 is 1.96. The molecule has 0 saturated carbocycles. The second-order valence-electron chi connectivity index (χ2n) is 15.0. The van der Waals surface area contributed by atoms with Crippen molar-refractivity contribution in [3.05, 3.63) is 111 Å². The van der Waals surface area contributed by atoms with E-state index in [1.54, 1.807) is 88.5 Å². The summed E-state index contributed by atoms with van der Waals surface area (Å²) in [6, 6.07) is 22.5. The number of likely N-dealkylation sites (tertiary alicyclic amines) is 1. The minimum atomic E-state index is -4.78. The Morgan fingerprint density at radius 2 is 1.33 bits per heavy atom. The van der Waals surface area contributed by atoms with Gasteiger partial charge in [-0.3, -0.25) is 0 Å². The summed E-state index contributed by atoms with van der Waals surface area (Å²) in [6.45, 7) is 4.54. The molecule has 0 spiro atoms. The molecule has 0 unspecified atom stereocenters. The number of nitrogens with one attached hydrogen (secondary N) is 1. The maximum Gasteiger partial charge on any atom is 0.410 e. The smallest absolute Gasteiger partial charge is 0.410 e. The van der Waals surface area contributed by atoms with E-state index in [1.807, 2.05) is 34.7 Å². The molecule has 4 aromatic carbocycles. The van der Waals surface area contributed by atoms with Gasteiger partial charge in [0, 0.05) is 28.8 Å². The highest BCUT2D eigenvalue weighted by Crippen LogP contribution is 2.39. The second-order valence-corrected chi connectivity index (χ2v) is 19.7. The molecule has 320 valence electrons. The molecule has 1 saturated heterocycles. The summed E-state index contributed by atoms with van der Waals surface area (Å²) in [5.74, 6) is 1.81. The van der Waals surface area contributed by atoms with Crippen molar-refractivity contribution in [3.63, 3.8) is 0 Å². The topological polar surface area (TPSA) is 192 Å². The van der Waals surface area contributed by atoms with Crippen LogP contribution in [0.1, 0.15) is 37.5 Å². The predicted octanol–water partition coefficient (Wildman–Crippen LogP) is 5.27. The number of aliphatic hydroxyl groups excluding tert-OH is 1. The Balaban J connectivity index is 1.48. The molecule has 60 heavy (non-hydrogen) atoms. The van der Waals surface area contributed by atoms with Gasteiger partial charge in [0.25, 0.3) is 0 Å². The summed E-state index contributed by atoms with van der Waals surface area (Å²) in [7, 11) is -4.93. The normalized spacial score (nSPS) is 15.9. The number of carbonyl (C=O) groups excluding carboxylic acids is 1. The highest BCUT2D eigenvalue weighted by Gasteiger charge is 2.42. The summed E-state index contributed by atoms with van der Waals surface area (Å²) in [6.07, 6.45) is -0.663. The minimum Gasteiger partial charge on any atom is -0.497 e. The number of aromatic nitrogens is 3. The molecule has 1 fully saturated rings. The Morgan fingerprint density at radius 1 is 0.817 bits per heavy atom. The molecule has 19 heteroatoms. The Morgan fingerprint density at radius 3 is 1.83 bits per heavy atom. The van der Waals surface area contributed by atoms with Gasteiger partial charge in [-0.25, -0.2) is 26.4 Å². The highest BCUT2D eigenvalue weighted by atomic mass is 127. The van der Waals surface area contributed by atoms with Gasteiger partial charge in [0.15, 0.2) is 0 Å². The lowest BCUT2D eigenvalue weighted by molar-refractivity contribution is 0.0270. The van der Waals surface area contributed by atoms with Crippen molar-refractivity contribution >= 4 is 48.7 Å². The van der Waals surface area contributed by atoms with Gasteiger partial charge in [-0.1, -0.05) is 36.4 Å². The van der Waals surface area contributed by atoms with Gasteiger partial charge < -0.3 is 29.0 Å². The van der Waals surface area contributed by atoms with Crippen LogP contribution >= 0.6 is 22.6 Å². The third-order valence-corrected chi connectivity index (χ3v) is 14.0. The Labute approximate surface area is 363 Å². The molecule has 2 atom stereocenters. The zero-order valence-electron chi connectivity index (χ0n) is 33.9. The molecule has 1 aromatic heterocycles. The van der Waals surface area contributed by atoms with E-state index in [9.17, 15) is 18.3 Å². The average Bonchev–Trinajstić information content (AvgIpc) is 3.83. The number of amides is 1. The lowest BCUT2D eigenvalue weighted by atomic mass is 10.2. The summed E-state index contributed by atoms with van der Waals surface area (Å²) in [5, 5.41) is 20.1. The first-order valence-corrected chi connectivity index (χ1v) is 22.7. The van der Waals surface area contributed by atoms with Gasteiger partial charge in [0.1, 0.15) is 38.3 Å². The van der Waals surface area contributed by atoms with Gasteiger partial charge in [0.05, 0.1) is 52.8 Å². The van der Waals surface area contributed by atoms with Crippen LogP contribution in [-0.2, 0) is 44.4 Å². The van der Waals surface area contributed by atoms with Crippen molar-refractivity contribution in [2.45, 2.75) is 67.9 Å². The number of ether oxygens (including phenoxy) is 4. The monoisotopic (exact) mass is 974 g/mol. The van der Waals surface area contributed by atoms with E-state index in [1.165, 1.54) is 46.6 Å². The maximum atomic E-state index is 15.5. The molecule has 5 aromatic rings. The number of benzene rings is 4. The van der Waals surface area contributed by atoms with E-state index < -0.39 is 53.7 Å². The first kappa shape index (κ1) is 44.7. The molecule has 1 aliphatic heterocycles. The third kappa shape index (κ3) is 10.6. The zero-order valence-corrected chi connectivity index (χ0v) is 37.7. The Hall–Kier alpha value is -4.80. The first-order chi connectivity index (χ1) is 28.4. The van der Waals surface area contributed by atoms with Gasteiger partial charge in [-0.15, -0.1) is 0 Å². The molecule has 2 heterocycles. The molecular weight excluding hydrogens is 928 g/mol. The van der Waals surface area contributed by atoms with Crippen LogP contribution in [0.4, 0.5) is 4.79 Å². The van der Waals surface area contributed by atoms with Gasteiger partial charge >= 0.3 is 6.09 Å². The molecule has 0 radical (unpaired) electrons. The second kappa shape index (κ2) is 18.4. The van der Waals surface area contributed by atoms with Crippen LogP contribution < -0.4 is 18.9 Å². The summed E-state index contributed by atoms with van der Waals surface area (Å²) in [4.78, 5) is 14.4. The number of hydrogen-bond acceptors (Lipinski definition) is 12. The fraction of sp³-hybridized carbons (Fsp3) is 0.341. The van der Waals surface area contributed by atoms with Gasteiger partial charge in [-0.05, 0) is 109 Å².